The Bertz CT molecular complexity index is 849. The zero-order valence-corrected chi connectivity index (χ0v) is 10.8. The number of thiazole rings is 1. The van der Waals surface area contributed by atoms with E-state index < -0.39 is 0 Å². The first kappa shape index (κ1) is 10.6. The van der Waals surface area contributed by atoms with Crippen LogP contribution in [0.4, 0.5) is 0 Å². The highest BCUT2D eigenvalue weighted by Crippen LogP contribution is 2.29. The van der Waals surface area contributed by atoms with Crippen molar-refractivity contribution in [3.63, 3.8) is 0 Å². The van der Waals surface area contributed by atoms with Gasteiger partial charge in [0.2, 0.25) is 0 Å². The molecule has 0 aliphatic carbocycles. The van der Waals surface area contributed by atoms with Crippen molar-refractivity contribution >= 4 is 32.6 Å². The summed E-state index contributed by atoms with van der Waals surface area (Å²) in [6, 6.07) is 16.0. The maximum absolute atomic E-state index is 4.63. The van der Waals surface area contributed by atoms with Gasteiger partial charge in [-0.1, -0.05) is 24.3 Å². The van der Waals surface area contributed by atoms with Crippen LogP contribution < -0.4 is 0 Å². The Hall–Kier alpha value is -2.33. The molecule has 0 saturated carbocycles. The van der Waals surface area contributed by atoms with Gasteiger partial charge in [0.15, 0.2) is 0 Å². The predicted octanol–water partition coefficient (Wildman–Crippen LogP) is 3.91. The Kier molecular flexibility index (Phi) is 2.28. The van der Waals surface area contributed by atoms with Crippen LogP contribution >= 0.6 is 11.3 Å². The zero-order valence-electron chi connectivity index (χ0n) is 9.95. The summed E-state index contributed by atoms with van der Waals surface area (Å²) < 4.78 is 1.17. The maximum atomic E-state index is 4.63. The summed E-state index contributed by atoms with van der Waals surface area (Å²) in [4.78, 5) is 13.7. The molecular weight excluding hydrogens is 254 g/mol. The van der Waals surface area contributed by atoms with Crippen LogP contribution in [0.3, 0.4) is 0 Å². The second-order valence-electron chi connectivity index (χ2n) is 4.23. The average Bonchev–Trinajstić information content (AvgIpc) is 2.90. The van der Waals surface area contributed by atoms with E-state index in [1.165, 1.54) is 4.70 Å². The molecule has 0 aliphatic heterocycles. The van der Waals surface area contributed by atoms with Gasteiger partial charge in [-0.2, -0.15) is 0 Å². The lowest BCUT2D eigenvalue weighted by Gasteiger charge is -1.98. The first-order valence-corrected chi connectivity index (χ1v) is 6.79. The van der Waals surface area contributed by atoms with Crippen molar-refractivity contribution in [1.82, 2.24) is 15.0 Å². The molecule has 0 bridgehead atoms. The van der Waals surface area contributed by atoms with Crippen LogP contribution in [0.25, 0.3) is 32.0 Å². The Labute approximate surface area is 113 Å². The molecule has 4 rings (SSSR count). The van der Waals surface area contributed by atoms with Gasteiger partial charge in [-0.05, 0) is 24.3 Å². The smallest absolute Gasteiger partial charge is 0.144 e. The second kappa shape index (κ2) is 4.10. The molecule has 2 heterocycles. The molecule has 0 unspecified atom stereocenters. The van der Waals surface area contributed by atoms with Crippen molar-refractivity contribution in [1.29, 1.82) is 0 Å². The van der Waals surface area contributed by atoms with Crippen molar-refractivity contribution in [3.8, 4) is 10.7 Å². The van der Waals surface area contributed by atoms with E-state index in [1.54, 1.807) is 17.5 Å². The Morgan fingerprint density at radius 2 is 1.47 bits per heavy atom. The molecule has 0 aliphatic rings. The minimum Gasteiger partial charge on any atom is -0.252 e. The van der Waals surface area contributed by atoms with E-state index in [1.807, 2.05) is 42.5 Å². The molecule has 0 N–H and O–H groups in total. The molecule has 19 heavy (non-hydrogen) atoms. The van der Waals surface area contributed by atoms with Crippen molar-refractivity contribution in [2.75, 3.05) is 0 Å². The lowest BCUT2D eigenvalue weighted by Crippen LogP contribution is -1.87. The number of hydrogen-bond acceptors (Lipinski definition) is 4. The zero-order chi connectivity index (χ0) is 12.7. The number of para-hydroxylation sites is 3. The number of hydrogen-bond donors (Lipinski definition) is 0. The third-order valence-electron chi connectivity index (χ3n) is 2.96. The minimum atomic E-state index is 0.833. The summed E-state index contributed by atoms with van der Waals surface area (Å²) in [5.74, 6) is 0. The van der Waals surface area contributed by atoms with E-state index in [-0.39, 0.29) is 0 Å². The van der Waals surface area contributed by atoms with E-state index in [2.05, 4.69) is 21.0 Å². The van der Waals surface area contributed by atoms with Crippen LogP contribution in [0.1, 0.15) is 0 Å². The fourth-order valence-electron chi connectivity index (χ4n) is 2.04. The number of benzene rings is 2. The molecule has 0 amide bonds. The lowest BCUT2D eigenvalue weighted by molar-refractivity contribution is 1.28. The first-order chi connectivity index (χ1) is 9.40. The van der Waals surface area contributed by atoms with Gasteiger partial charge < -0.3 is 0 Å². The molecule has 0 fully saturated rings. The summed E-state index contributed by atoms with van der Waals surface area (Å²) in [5.41, 5.74) is 3.66. The summed E-state index contributed by atoms with van der Waals surface area (Å²) in [6.07, 6.45) is 1.79. The van der Waals surface area contributed by atoms with Crippen LogP contribution in [-0.2, 0) is 0 Å². The van der Waals surface area contributed by atoms with Gasteiger partial charge >= 0.3 is 0 Å². The highest BCUT2D eigenvalue weighted by Gasteiger charge is 2.08. The van der Waals surface area contributed by atoms with Gasteiger partial charge in [-0.15, -0.1) is 11.3 Å². The van der Waals surface area contributed by atoms with E-state index >= 15 is 0 Å². The van der Waals surface area contributed by atoms with Gasteiger partial charge in [0.1, 0.15) is 10.7 Å². The van der Waals surface area contributed by atoms with Crippen LogP contribution in [0.15, 0.2) is 54.7 Å². The van der Waals surface area contributed by atoms with Crippen molar-refractivity contribution in [2.45, 2.75) is 0 Å². The van der Waals surface area contributed by atoms with E-state index in [9.17, 15) is 0 Å². The summed E-state index contributed by atoms with van der Waals surface area (Å²) in [6.45, 7) is 0. The minimum absolute atomic E-state index is 0.833. The van der Waals surface area contributed by atoms with E-state index in [0.29, 0.717) is 0 Å². The molecule has 4 aromatic rings. The molecule has 2 aromatic heterocycles. The highest BCUT2D eigenvalue weighted by atomic mass is 32.1. The monoisotopic (exact) mass is 263 g/mol. The third-order valence-corrected chi connectivity index (χ3v) is 4.02. The topological polar surface area (TPSA) is 38.7 Å². The number of fused-ring (bicyclic) bond motifs is 2. The van der Waals surface area contributed by atoms with Gasteiger partial charge in [0.05, 0.1) is 27.4 Å². The predicted molar refractivity (Wildman–Crippen MR) is 78.2 cm³/mol. The quantitative estimate of drug-likeness (QED) is 0.522. The summed E-state index contributed by atoms with van der Waals surface area (Å²) in [5, 5.41) is 0.916. The van der Waals surface area contributed by atoms with Crippen LogP contribution in [0.5, 0.6) is 0 Å². The molecular formula is C15H9N3S. The van der Waals surface area contributed by atoms with Crippen LogP contribution in [-0.4, -0.2) is 15.0 Å². The molecule has 90 valence electrons. The molecule has 0 atom stereocenters. The molecule has 0 spiro atoms. The Morgan fingerprint density at radius 3 is 2.32 bits per heavy atom. The first-order valence-electron chi connectivity index (χ1n) is 5.98. The largest absolute Gasteiger partial charge is 0.252 e. The van der Waals surface area contributed by atoms with Crippen molar-refractivity contribution < 1.29 is 0 Å². The fraction of sp³-hybridized carbons (Fsp3) is 0. The standard InChI is InChI=1S/C15H9N3S/c1-2-6-11-10(5-1)16-9-13(17-11)15-18-12-7-3-4-8-14(12)19-15/h1-9H. The van der Waals surface area contributed by atoms with E-state index in [0.717, 1.165) is 27.3 Å². The van der Waals surface area contributed by atoms with Crippen LogP contribution in [0, 0.1) is 0 Å². The molecule has 3 nitrogen and oxygen atoms in total. The molecule has 2 aromatic carbocycles. The van der Waals surface area contributed by atoms with Gasteiger partial charge in [0, 0.05) is 0 Å². The third kappa shape index (κ3) is 1.77. The maximum Gasteiger partial charge on any atom is 0.144 e. The average molecular weight is 263 g/mol. The summed E-state index contributed by atoms with van der Waals surface area (Å²) in [7, 11) is 0. The Morgan fingerprint density at radius 1 is 0.737 bits per heavy atom. The summed E-state index contributed by atoms with van der Waals surface area (Å²) >= 11 is 1.65. The number of nitrogens with zero attached hydrogens (tertiary/aromatic N) is 3. The van der Waals surface area contributed by atoms with Crippen LogP contribution in [0.2, 0.25) is 0 Å². The van der Waals surface area contributed by atoms with E-state index in [4.69, 9.17) is 0 Å². The molecule has 0 saturated heterocycles. The van der Waals surface area contributed by atoms with Crippen molar-refractivity contribution in [2.24, 2.45) is 0 Å². The lowest BCUT2D eigenvalue weighted by atomic mass is 10.3. The second-order valence-corrected chi connectivity index (χ2v) is 5.26. The van der Waals surface area contributed by atoms with Gasteiger partial charge in [0.25, 0.3) is 0 Å². The van der Waals surface area contributed by atoms with Crippen molar-refractivity contribution in [3.05, 3.63) is 54.7 Å². The molecule has 4 heteroatoms. The number of aromatic nitrogens is 3. The highest BCUT2D eigenvalue weighted by molar-refractivity contribution is 7.21. The SMILES string of the molecule is c1ccc2nc(-c3nc4ccccc4s3)cnc2c1. The number of rotatable bonds is 1. The van der Waals surface area contributed by atoms with Gasteiger partial charge in [-0.3, -0.25) is 4.98 Å². The van der Waals surface area contributed by atoms with Gasteiger partial charge in [-0.25, -0.2) is 9.97 Å². The normalized spacial score (nSPS) is 11.2. The fourth-order valence-corrected chi connectivity index (χ4v) is 2.96. The Balaban J connectivity index is 1.93. The molecule has 0 radical (unpaired) electrons.